The van der Waals surface area contributed by atoms with E-state index >= 15 is 0 Å². The van der Waals surface area contributed by atoms with Crippen LogP contribution in [0.3, 0.4) is 0 Å². The van der Waals surface area contributed by atoms with Crippen molar-refractivity contribution in [1.29, 1.82) is 0 Å². The molecule has 1 fully saturated rings. The van der Waals surface area contributed by atoms with Crippen LogP contribution < -0.4 is 4.90 Å². The molecule has 1 aliphatic heterocycles. The lowest BCUT2D eigenvalue weighted by molar-refractivity contribution is -0.160. The van der Waals surface area contributed by atoms with Crippen molar-refractivity contribution in [3.8, 4) is 21.7 Å². The molecule has 1 aliphatic rings. The molecule has 2 aromatic heterocycles. The number of anilines is 1. The van der Waals surface area contributed by atoms with E-state index in [9.17, 15) is 9.90 Å². The first-order valence-corrected chi connectivity index (χ1v) is 15.6. The molecule has 1 N–H and O–H groups in total. The number of halogens is 1. The van der Waals surface area contributed by atoms with Crippen LogP contribution in [0.2, 0.25) is 5.02 Å². The van der Waals surface area contributed by atoms with Crippen molar-refractivity contribution in [2.75, 3.05) is 38.1 Å². The number of rotatable bonds is 6. The summed E-state index contributed by atoms with van der Waals surface area (Å²) in [5.74, 6) is -0.0135. The molecular weight excluding hydrogens is 582 g/mol. The maximum Gasteiger partial charge on any atom is 0.337 e. The first kappa shape index (κ1) is 29.6. The van der Waals surface area contributed by atoms with Gasteiger partial charge in [0, 0.05) is 60.3 Å². The van der Waals surface area contributed by atoms with Crippen LogP contribution in [0.15, 0.2) is 48.5 Å². The van der Waals surface area contributed by atoms with Crippen molar-refractivity contribution in [2.45, 2.75) is 39.4 Å². The van der Waals surface area contributed by atoms with Gasteiger partial charge >= 0.3 is 5.97 Å². The summed E-state index contributed by atoms with van der Waals surface area (Å²) in [6, 6.07) is 15.9. The zero-order valence-corrected chi connectivity index (χ0v) is 26.9. The van der Waals surface area contributed by atoms with E-state index in [2.05, 4.69) is 35.0 Å². The first-order valence-electron chi connectivity index (χ1n) is 14.4. The number of carboxylic acids is 1. The maximum absolute atomic E-state index is 12.6. The average molecular weight is 618 g/mol. The van der Waals surface area contributed by atoms with Crippen LogP contribution in [0.4, 0.5) is 5.82 Å². The van der Waals surface area contributed by atoms with Crippen LogP contribution in [0, 0.1) is 6.92 Å². The Labute approximate surface area is 260 Å². The van der Waals surface area contributed by atoms with Crippen LogP contribution in [-0.4, -0.2) is 69.6 Å². The molecule has 0 bridgehead atoms. The summed E-state index contributed by atoms with van der Waals surface area (Å²) >= 11 is 7.81. The second kappa shape index (κ2) is 11.2. The molecule has 0 aliphatic carbocycles. The van der Waals surface area contributed by atoms with Crippen molar-refractivity contribution in [3.05, 3.63) is 64.7 Å². The number of aliphatic carboxylic acids is 1. The van der Waals surface area contributed by atoms with Crippen molar-refractivity contribution in [2.24, 2.45) is 7.05 Å². The van der Waals surface area contributed by atoms with Crippen molar-refractivity contribution in [3.63, 3.8) is 0 Å². The van der Waals surface area contributed by atoms with Gasteiger partial charge in [0.25, 0.3) is 0 Å². The van der Waals surface area contributed by atoms with Gasteiger partial charge in [-0.05, 0) is 76.2 Å². The van der Waals surface area contributed by atoms with Crippen molar-refractivity contribution < 1.29 is 14.6 Å². The van der Waals surface area contributed by atoms with E-state index in [4.69, 9.17) is 26.4 Å². The molecule has 3 heterocycles. The van der Waals surface area contributed by atoms with Gasteiger partial charge in [-0.2, -0.15) is 5.10 Å². The van der Waals surface area contributed by atoms with Crippen molar-refractivity contribution >= 4 is 55.8 Å². The maximum atomic E-state index is 12.6. The van der Waals surface area contributed by atoms with Gasteiger partial charge in [-0.25, -0.2) is 9.78 Å². The number of carbonyl (C=O) groups is 1. The number of ether oxygens (including phenoxy) is 1. The lowest BCUT2D eigenvalue weighted by Gasteiger charge is -2.32. The molecule has 1 saturated heterocycles. The third-order valence-corrected chi connectivity index (χ3v) is 9.29. The lowest BCUT2D eigenvalue weighted by Crippen LogP contribution is -2.44. The predicted octanol–water partition coefficient (Wildman–Crippen LogP) is 7.17. The van der Waals surface area contributed by atoms with Crippen LogP contribution in [0.5, 0.6) is 0 Å². The monoisotopic (exact) mass is 617 g/mol. The number of piperazine rings is 1. The molecule has 1 atom stereocenters. The smallest absolute Gasteiger partial charge is 0.337 e. The highest BCUT2D eigenvalue weighted by Crippen LogP contribution is 2.45. The van der Waals surface area contributed by atoms with Crippen LogP contribution in [0.25, 0.3) is 42.8 Å². The van der Waals surface area contributed by atoms with Gasteiger partial charge in [0.05, 0.1) is 21.3 Å². The summed E-state index contributed by atoms with van der Waals surface area (Å²) in [6.07, 6.45) is -1.15. The molecule has 224 valence electrons. The largest absolute Gasteiger partial charge is 0.479 e. The Balaban J connectivity index is 1.51. The minimum Gasteiger partial charge on any atom is -0.479 e. The van der Waals surface area contributed by atoms with E-state index in [1.807, 2.05) is 69.8 Å². The number of hydrogen-bond acceptors (Lipinski definition) is 7. The zero-order valence-electron chi connectivity index (χ0n) is 25.3. The van der Waals surface area contributed by atoms with E-state index in [-0.39, 0.29) is 0 Å². The highest BCUT2D eigenvalue weighted by molar-refractivity contribution is 7.22. The number of likely N-dealkylation sites (N-methyl/N-ethyl adjacent to an activating group) is 1. The predicted molar refractivity (Wildman–Crippen MR) is 175 cm³/mol. The molecule has 5 aromatic rings. The number of thiazole rings is 1. The molecule has 0 radical (unpaired) electrons. The number of carboxylic acid groups (broad SMARTS) is 1. The van der Waals surface area contributed by atoms with Crippen LogP contribution in [-0.2, 0) is 16.6 Å². The fourth-order valence-electron chi connectivity index (χ4n) is 5.79. The van der Waals surface area contributed by atoms with Gasteiger partial charge < -0.3 is 19.6 Å². The minimum absolute atomic E-state index is 0.611. The van der Waals surface area contributed by atoms with E-state index in [0.717, 1.165) is 80.4 Å². The van der Waals surface area contributed by atoms with Gasteiger partial charge in [-0.15, -0.1) is 11.3 Å². The number of benzene rings is 3. The number of hydrogen-bond donors (Lipinski definition) is 1. The lowest BCUT2D eigenvalue weighted by atomic mass is 9.91. The Morgan fingerprint density at radius 1 is 1.02 bits per heavy atom. The number of aromatic nitrogens is 3. The van der Waals surface area contributed by atoms with Gasteiger partial charge in [0.2, 0.25) is 0 Å². The average Bonchev–Trinajstić information content (AvgIpc) is 3.52. The summed E-state index contributed by atoms with van der Waals surface area (Å²) in [5, 5.41) is 17.8. The normalized spacial score (nSPS) is 15.5. The molecule has 0 saturated carbocycles. The molecular formula is C33H36ClN5O3S. The molecule has 6 rings (SSSR count). The Kier molecular flexibility index (Phi) is 7.71. The van der Waals surface area contributed by atoms with E-state index in [0.29, 0.717) is 10.6 Å². The molecule has 3 aromatic carbocycles. The molecule has 10 heteroatoms. The zero-order chi connectivity index (χ0) is 30.6. The van der Waals surface area contributed by atoms with Gasteiger partial charge in [0.1, 0.15) is 5.01 Å². The van der Waals surface area contributed by atoms with E-state index in [1.165, 1.54) is 0 Å². The Morgan fingerprint density at radius 3 is 2.35 bits per heavy atom. The molecule has 0 spiro atoms. The first-order chi connectivity index (χ1) is 20.4. The highest BCUT2D eigenvalue weighted by Gasteiger charge is 2.32. The summed E-state index contributed by atoms with van der Waals surface area (Å²) in [7, 11) is 4.14. The second-order valence-electron chi connectivity index (χ2n) is 12.3. The third-order valence-electron chi connectivity index (χ3n) is 7.90. The van der Waals surface area contributed by atoms with Gasteiger partial charge in [0.15, 0.2) is 11.9 Å². The topological polar surface area (TPSA) is 83.7 Å². The molecule has 8 nitrogen and oxygen atoms in total. The van der Waals surface area contributed by atoms with Gasteiger partial charge in [-0.1, -0.05) is 29.8 Å². The summed E-state index contributed by atoms with van der Waals surface area (Å²) in [5.41, 5.74) is 5.30. The van der Waals surface area contributed by atoms with Crippen molar-refractivity contribution in [1.82, 2.24) is 19.7 Å². The Hall–Kier alpha value is -3.50. The summed E-state index contributed by atoms with van der Waals surface area (Å²) < 4.78 is 9.01. The van der Waals surface area contributed by atoms with Gasteiger partial charge in [-0.3, -0.25) is 4.68 Å². The van der Waals surface area contributed by atoms with Crippen LogP contribution in [0.1, 0.15) is 38.0 Å². The number of nitrogens with zero attached hydrogens (tertiary/aromatic N) is 5. The quantitative estimate of drug-likeness (QED) is 0.216. The fourth-order valence-corrected chi connectivity index (χ4v) is 7.03. The Morgan fingerprint density at radius 2 is 1.70 bits per heavy atom. The second-order valence-corrected chi connectivity index (χ2v) is 13.7. The minimum atomic E-state index is -1.15. The molecule has 1 unspecified atom stereocenters. The third kappa shape index (κ3) is 5.74. The van der Waals surface area contributed by atoms with E-state index < -0.39 is 17.7 Å². The van der Waals surface area contributed by atoms with E-state index in [1.54, 1.807) is 11.3 Å². The summed E-state index contributed by atoms with van der Waals surface area (Å²) in [4.78, 5) is 22.4. The fraction of sp³-hybridized carbons (Fsp3) is 0.364. The molecule has 0 amide bonds. The van der Waals surface area contributed by atoms with Crippen LogP contribution >= 0.6 is 22.9 Å². The Bertz CT molecular complexity index is 1830. The highest BCUT2D eigenvalue weighted by atomic mass is 35.5. The number of fused-ring (bicyclic) bond motifs is 2. The SMILES string of the molecule is Cc1cc2nc(-c3ccc4c(N5CCN(C)CC5)nn(C)c4c3)sc2c(-c2ccc(Cl)cc2)c1C(OC(C)(C)C)C(=O)O. The number of aryl methyl sites for hydroxylation is 2. The molecule has 43 heavy (non-hydrogen) atoms. The summed E-state index contributed by atoms with van der Waals surface area (Å²) in [6.45, 7) is 11.5. The standard InChI is InChI=1S/C33H36ClN5O3S/c1-19-17-24-29(27(20-7-10-22(34)11-8-20)26(19)28(32(40)41)42-33(2,3)4)43-31(35-24)21-9-12-23-25(18-21)38(6)36-30(23)39-15-13-37(5)14-16-39/h7-12,17-18,28H,13-16H2,1-6H3,(H,40,41).